The van der Waals surface area contributed by atoms with Crippen molar-refractivity contribution in [3.8, 4) is 0 Å². The number of rotatable bonds is 3. The second-order valence-electron chi connectivity index (χ2n) is 7.69. The molecule has 3 heterocycles. The van der Waals surface area contributed by atoms with Crippen molar-refractivity contribution in [1.29, 1.82) is 0 Å². The SMILES string of the molecule is CCN1C(=O)N2CCCCC2c2c1nc(C(=O)NC1CCCCC1)[nH]c2=O. The molecule has 1 aromatic rings. The first-order chi connectivity index (χ1) is 13.1. The molecule has 2 aliphatic heterocycles. The molecule has 3 amide bonds. The van der Waals surface area contributed by atoms with Gasteiger partial charge >= 0.3 is 6.03 Å². The Morgan fingerprint density at radius 1 is 1.15 bits per heavy atom. The van der Waals surface area contributed by atoms with Gasteiger partial charge in [-0.3, -0.25) is 14.5 Å². The molecule has 1 saturated carbocycles. The summed E-state index contributed by atoms with van der Waals surface area (Å²) < 4.78 is 0. The lowest BCUT2D eigenvalue weighted by atomic mass is 9.94. The number of amides is 3. The van der Waals surface area contributed by atoms with Crippen molar-refractivity contribution in [3.63, 3.8) is 0 Å². The Morgan fingerprint density at radius 2 is 1.89 bits per heavy atom. The minimum Gasteiger partial charge on any atom is -0.347 e. The Kier molecular flexibility index (Phi) is 4.88. The van der Waals surface area contributed by atoms with Gasteiger partial charge in [0.25, 0.3) is 11.5 Å². The number of hydrogen-bond acceptors (Lipinski definition) is 4. The van der Waals surface area contributed by atoms with E-state index in [1.54, 1.807) is 4.90 Å². The molecule has 1 unspecified atom stereocenters. The highest BCUT2D eigenvalue weighted by molar-refractivity contribution is 5.96. The Morgan fingerprint density at radius 3 is 2.63 bits per heavy atom. The molecule has 2 N–H and O–H groups in total. The Bertz CT molecular complexity index is 799. The van der Waals surface area contributed by atoms with E-state index in [0.29, 0.717) is 24.5 Å². The third kappa shape index (κ3) is 3.21. The minimum atomic E-state index is -0.364. The summed E-state index contributed by atoms with van der Waals surface area (Å²) in [6, 6.07) is -0.229. The first-order valence-corrected chi connectivity index (χ1v) is 10.1. The van der Waals surface area contributed by atoms with Crippen LogP contribution >= 0.6 is 0 Å². The maximum Gasteiger partial charge on any atom is 0.326 e. The van der Waals surface area contributed by atoms with Crippen LogP contribution in [0.15, 0.2) is 4.79 Å². The van der Waals surface area contributed by atoms with E-state index < -0.39 is 0 Å². The van der Waals surface area contributed by atoms with E-state index in [0.717, 1.165) is 44.9 Å². The van der Waals surface area contributed by atoms with Gasteiger partial charge in [-0.2, -0.15) is 0 Å². The van der Waals surface area contributed by atoms with Gasteiger partial charge < -0.3 is 15.2 Å². The molecule has 0 radical (unpaired) electrons. The zero-order chi connectivity index (χ0) is 19.0. The highest BCUT2D eigenvalue weighted by Crippen LogP contribution is 2.38. The largest absolute Gasteiger partial charge is 0.347 e. The highest BCUT2D eigenvalue weighted by Gasteiger charge is 2.41. The lowest BCUT2D eigenvalue weighted by Crippen LogP contribution is -2.53. The van der Waals surface area contributed by atoms with Crippen molar-refractivity contribution in [2.45, 2.75) is 70.4 Å². The lowest BCUT2D eigenvalue weighted by Gasteiger charge is -2.43. The van der Waals surface area contributed by atoms with Gasteiger partial charge in [0.05, 0.1) is 11.6 Å². The average Bonchev–Trinajstić information content (AvgIpc) is 2.69. The summed E-state index contributed by atoms with van der Waals surface area (Å²) in [4.78, 5) is 48.8. The summed E-state index contributed by atoms with van der Waals surface area (Å²) in [6.45, 7) is 2.93. The number of urea groups is 1. The van der Waals surface area contributed by atoms with Gasteiger partial charge in [-0.15, -0.1) is 0 Å². The standard InChI is InChI=1S/C19H27N5O3/c1-2-23-16-14(13-10-6-7-11-24(13)19(23)27)17(25)22-15(21-16)18(26)20-12-8-4-3-5-9-12/h12-13H,2-11H2,1H3,(H,20,26)(H,21,22,25). The molecule has 4 rings (SSSR count). The Balaban J connectivity index is 1.68. The topological polar surface area (TPSA) is 98.4 Å². The van der Waals surface area contributed by atoms with Crippen LogP contribution in [0.5, 0.6) is 0 Å². The molecule has 8 heteroatoms. The van der Waals surface area contributed by atoms with Gasteiger partial charge in [0.1, 0.15) is 5.82 Å². The number of aromatic amines is 1. The van der Waals surface area contributed by atoms with E-state index in [-0.39, 0.29) is 35.4 Å². The van der Waals surface area contributed by atoms with E-state index in [9.17, 15) is 14.4 Å². The van der Waals surface area contributed by atoms with Crippen molar-refractivity contribution in [1.82, 2.24) is 20.2 Å². The molecule has 3 aliphatic rings. The lowest BCUT2D eigenvalue weighted by molar-refractivity contribution is 0.0915. The molecule has 1 saturated heterocycles. The van der Waals surface area contributed by atoms with Crippen LogP contribution in [0.4, 0.5) is 10.6 Å². The van der Waals surface area contributed by atoms with E-state index in [2.05, 4.69) is 15.3 Å². The number of carbonyl (C=O) groups is 2. The van der Waals surface area contributed by atoms with E-state index >= 15 is 0 Å². The molecule has 1 aromatic heterocycles. The third-order valence-corrected chi connectivity index (χ3v) is 5.98. The number of piperidine rings is 1. The monoisotopic (exact) mass is 373 g/mol. The maximum atomic E-state index is 12.9. The van der Waals surface area contributed by atoms with Crippen LogP contribution < -0.4 is 15.8 Å². The minimum absolute atomic E-state index is 0.000155. The van der Waals surface area contributed by atoms with Crippen LogP contribution in [-0.4, -0.2) is 45.9 Å². The molecule has 146 valence electrons. The Hall–Kier alpha value is -2.38. The molecule has 1 aliphatic carbocycles. The number of H-pyrrole nitrogens is 1. The van der Waals surface area contributed by atoms with Crippen molar-refractivity contribution in [2.24, 2.45) is 0 Å². The second kappa shape index (κ2) is 7.32. The molecule has 0 aromatic carbocycles. The summed E-state index contributed by atoms with van der Waals surface area (Å²) in [5, 5.41) is 2.98. The number of aromatic nitrogens is 2. The average molecular weight is 373 g/mol. The van der Waals surface area contributed by atoms with Gasteiger partial charge in [-0.05, 0) is 39.0 Å². The first-order valence-electron chi connectivity index (χ1n) is 10.1. The molecule has 1 atom stereocenters. The molecule has 0 spiro atoms. The smallest absolute Gasteiger partial charge is 0.326 e. The fraction of sp³-hybridized carbons (Fsp3) is 0.684. The van der Waals surface area contributed by atoms with Gasteiger partial charge in [-0.25, -0.2) is 9.78 Å². The van der Waals surface area contributed by atoms with Crippen molar-refractivity contribution in [2.75, 3.05) is 18.0 Å². The molecule has 0 bridgehead atoms. The van der Waals surface area contributed by atoms with Crippen molar-refractivity contribution >= 4 is 17.8 Å². The summed E-state index contributed by atoms with van der Waals surface area (Å²) in [5.41, 5.74) is 0.210. The predicted octanol–water partition coefficient (Wildman–Crippen LogP) is 2.32. The van der Waals surface area contributed by atoms with Crippen molar-refractivity contribution in [3.05, 3.63) is 21.7 Å². The molecular weight excluding hydrogens is 346 g/mol. The van der Waals surface area contributed by atoms with Crippen LogP contribution in [-0.2, 0) is 0 Å². The number of hydrogen-bond donors (Lipinski definition) is 2. The molecular formula is C19H27N5O3. The van der Waals surface area contributed by atoms with E-state index in [1.807, 2.05) is 6.92 Å². The number of fused-ring (bicyclic) bond motifs is 3. The van der Waals surface area contributed by atoms with Gasteiger partial charge in [-0.1, -0.05) is 19.3 Å². The zero-order valence-electron chi connectivity index (χ0n) is 15.8. The Labute approximate surface area is 158 Å². The second-order valence-corrected chi connectivity index (χ2v) is 7.69. The fourth-order valence-corrected chi connectivity index (χ4v) is 4.58. The number of nitrogens with one attached hydrogen (secondary N) is 2. The zero-order valence-corrected chi connectivity index (χ0v) is 15.8. The third-order valence-electron chi connectivity index (χ3n) is 5.98. The summed E-state index contributed by atoms with van der Waals surface area (Å²) in [5.74, 6) is -0.0144. The van der Waals surface area contributed by atoms with Gasteiger partial charge in [0.2, 0.25) is 5.82 Å². The molecule has 27 heavy (non-hydrogen) atoms. The van der Waals surface area contributed by atoms with Crippen LogP contribution in [0.3, 0.4) is 0 Å². The predicted molar refractivity (Wildman–Crippen MR) is 101 cm³/mol. The van der Waals surface area contributed by atoms with Gasteiger partial charge in [0, 0.05) is 19.1 Å². The fourth-order valence-electron chi connectivity index (χ4n) is 4.58. The number of nitrogens with zero attached hydrogens (tertiary/aromatic N) is 3. The summed E-state index contributed by atoms with van der Waals surface area (Å²) >= 11 is 0. The van der Waals surface area contributed by atoms with Crippen LogP contribution in [0.2, 0.25) is 0 Å². The first kappa shape index (κ1) is 18.0. The number of anilines is 1. The highest BCUT2D eigenvalue weighted by atomic mass is 16.2. The summed E-state index contributed by atoms with van der Waals surface area (Å²) in [7, 11) is 0. The van der Waals surface area contributed by atoms with Crippen LogP contribution in [0.1, 0.15) is 80.5 Å². The quantitative estimate of drug-likeness (QED) is 0.849. The molecule has 2 fully saturated rings. The van der Waals surface area contributed by atoms with Crippen molar-refractivity contribution < 1.29 is 9.59 Å². The summed E-state index contributed by atoms with van der Waals surface area (Å²) in [6.07, 6.45) is 8.00. The molecule has 8 nitrogen and oxygen atoms in total. The van der Waals surface area contributed by atoms with Crippen LogP contribution in [0.25, 0.3) is 0 Å². The van der Waals surface area contributed by atoms with E-state index in [4.69, 9.17) is 0 Å². The maximum absolute atomic E-state index is 12.9. The number of carbonyl (C=O) groups excluding carboxylic acids is 2. The normalized spacial score (nSPS) is 23.0. The van der Waals surface area contributed by atoms with Crippen LogP contribution in [0, 0.1) is 0 Å². The van der Waals surface area contributed by atoms with Gasteiger partial charge in [0.15, 0.2) is 0 Å². The van der Waals surface area contributed by atoms with E-state index in [1.165, 1.54) is 11.3 Å².